The Morgan fingerprint density at radius 2 is 1.69 bits per heavy atom. The van der Waals surface area contributed by atoms with Crippen molar-refractivity contribution in [2.75, 3.05) is 46.3 Å². The number of guanidine groups is 1. The van der Waals surface area contributed by atoms with E-state index < -0.39 is 10.0 Å². The first-order valence-electron chi connectivity index (χ1n) is 10.9. The molecule has 3 rings (SSSR count). The monoisotopic (exact) mass is 421 g/mol. The van der Waals surface area contributed by atoms with Crippen LogP contribution in [-0.2, 0) is 16.6 Å². The summed E-state index contributed by atoms with van der Waals surface area (Å²) in [5, 5.41) is 6.65. The van der Waals surface area contributed by atoms with Gasteiger partial charge in [0.25, 0.3) is 0 Å². The fourth-order valence-corrected chi connectivity index (χ4v) is 5.58. The van der Waals surface area contributed by atoms with Gasteiger partial charge in [-0.15, -0.1) is 0 Å². The van der Waals surface area contributed by atoms with Gasteiger partial charge in [0.15, 0.2) is 5.96 Å². The third kappa shape index (κ3) is 6.42. The molecule has 2 aliphatic heterocycles. The molecule has 0 aromatic heterocycles. The number of sulfonamides is 1. The Labute approximate surface area is 175 Å². The highest BCUT2D eigenvalue weighted by molar-refractivity contribution is 7.89. The summed E-state index contributed by atoms with van der Waals surface area (Å²) < 4.78 is 27.4. The molecule has 0 aliphatic carbocycles. The summed E-state index contributed by atoms with van der Waals surface area (Å²) in [6.45, 7) is 6.02. The summed E-state index contributed by atoms with van der Waals surface area (Å²) in [6, 6.07) is 7.24. The van der Waals surface area contributed by atoms with Crippen LogP contribution in [0.15, 0.2) is 34.2 Å². The third-order valence-corrected chi connectivity index (χ3v) is 7.60. The molecule has 2 N–H and O–H groups in total. The molecule has 0 amide bonds. The van der Waals surface area contributed by atoms with Gasteiger partial charge in [-0.1, -0.05) is 25.0 Å². The molecule has 7 nitrogen and oxygen atoms in total. The Kier molecular flexibility index (Phi) is 8.32. The second-order valence-corrected chi connectivity index (χ2v) is 9.80. The second kappa shape index (κ2) is 10.9. The molecule has 1 aromatic carbocycles. The quantitative estimate of drug-likeness (QED) is 0.520. The minimum Gasteiger partial charge on any atom is -0.355 e. The molecule has 2 saturated heterocycles. The van der Waals surface area contributed by atoms with Crippen LogP contribution in [0.25, 0.3) is 0 Å². The van der Waals surface area contributed by atoms with Crippen LogP contribution in [0.2, 0.25) is 0 Å². The summed E-state index contributed by atoms with van der Waals surface area (Å²) in [5.74, 6) is 0.742. The number of aliphatic imine (C=N–C) groups is 1. The Morgan fingerprint density at radius 3 is 2.38 bits per heavy atom. The molecule has 162 valence electrons. The van der Waals surface area contributed by atoms with Gasteiger partial charge in [0, 0.05) is 39.8 Å². The predicted molar refractivity (Wildman–Crippen MR) is 118 cm³/mol. The van der Waals surface area contributed by atoms with Crippen LogP contribution in [0.3, 0.4) is 0 Å². The third-order valence-electron chi connectivity index (χ3n) is 5.70. The van der Waals surface area contributed by atoms with Crippen molar-refractivity contribution in [3.05, 3.63) is 29.8 Å². The van der Waals surface area contributed by atoms with Crippen LogP contribution in [0, 0.1) is 0 Å². The molecular formula is C21H35N5O2S. The molecule has 2 heterocycles. The van der Waals surface area contributed by atoms with Gasteiger partial charge in [-0.2, -0.15) is 4.31 Å². The first kappa shape index (κ1) is 22.1. The Hall–Kier alpha value is -1.64. The lowest BCUT2D eigenvalue weighted by molar-refractivity contribution is 0.232. The minimum absolute atomic E-state index is 0.381. The fourth-order valence-electron chi connectivity index (χ4n) is 3.99. The molecule has 0 spiro atoms. The van der Waals surface area contributed by atoms with Crippen LogP contribution in [0.5, 0.6) is 0 Å². The van der Waals surface area contributed by atoms with Crippen LogP contribution in [0.1, 0.15) is 44.1 Å². The SMILES string of the molecule is CN=C(NCCN1CCCCC1)NCc1cccc(S(=O)(=O)N2CCCCC2)c1. The average molecular weight is 422 g/mol. The van der Waals surface area contributed by atoms with Crippen molar-refractivity contribution >= 4 is 16.0 Å². The van der Waals surface area contributed by atoms with E-state index in [9.17, 15) is 8.42 Å². The van der Waals surface area contributed by atoms with E-state index in [2.05, 4.69) is 20.5 Å². The summed E-state index contributed by atoms with van der Waals surface area (Å²) >= 11 is 0. The summed E-state index contributed by atoms with van der Waals surface area (Å²) in [5.41, 5.74) is 0.932. The number of benzene rings is 1. The fraction of sp³-hybridized carbons (Fsp3) is 0.667. The average Bonchev–Trinajstić information content (AvgIpc) is 2.77. The van der Waals surface area contributed by atoms with Gasteiger partial charge < -0.3 is 15.5 Å². The van der Waals surface area contributed by atoms with Crippen molar-refractivity contribution < 1.29 is 8.42 Å². The molecule has 29 heavy (non-hydrogen) atoms. The Bertz CT molecular complexity index is 769. The first-order chi connectivity index (χ1) is 14.1. The molecule has 8 heteroatoms. The van der Waals surface area contributed by atoms with E-state index in [0.29, 0.717) is 24.5 Å². The molecule has 1 aromatic rings. The lowest BCUT2D eigenvalue weighted by atomic mass is 10.1. The number of likely N-dealkylation sites (tertiary alicyclic amines) is 1. The van der Waals surface area contributed by atoms with Crippen molar-refractivity contribution in [2.24, 2.45) is 4.99 Å². The standard InChI is InChI=1S/C21H35N5O2S/c1-22-21(23-11-16-25-12-4-2-5-13-25)24-18-19-9-8-10-20(17-19)29(27,28)26-14-6-3-7-15-26/h8-10,17H,2-7,11-16,18H2,1H3,(H2,22,23,24). The molecule has 0 unspecified atom stereocenters. The summed E-state index contributed by atoms with van der Waals surface area (Å²) in [7, 11) is -1.64. The van der Waals surface area contributed by atoms with E-state index in [4.69, 9.17) is 0 Å². The van der Waals surface area contributed by atoms with Gasteiger partial charge in [-0.25, -0.2) is 8.42 Å². The van der Waals surface area contributed by atoms with Gasteiger partial charge in [0.1, 0.15) is 0 Å². The maximum Gasteiger partial charge on any atom is 0.243 e. The van der Waals surface area contributed by atoms with E-state index in [1.807, 2.05) is 12.1 Å². The highest BCUT2D eigenvalue weighted by Crippen LogP contribution is 2.21. The van der Waals surface area contributed by atoms with Crippen LogP contribution in [-0.4, -0.2) is 69.9 Å². The zero-order chi connectivity index (χ0) is 20.5. The topological polar surface area (TPSA) is 77.0 Å². The second-order valence-electron chi connectivity index (χ2n) is 7.87. The van der Waals surface area contributed by atoms with E-state index >= 15 is 0 Å². The van der Waals surface area contributed by atoms with Crippen molar-refractivity contribution in [3.63, 3.8) is 0 Å². The largest absolute Gasteiger partial charge is 0.355 e. The van der Waals surface area contributed by atoms with E-state index in [1.54, 1.807) is 23.5 Å². The number of piperidine rings is 2. The van der Waals surface area contributed by atoms with Gasteiger partial charge in [-0.3, -0.25) is 4.99 Å². The minimum atomic E-state index is -3.40. The highest BCUT2D eigenvalue weighted by Gasteiger charge is 2.25. The van der Waals surface area contributed by atoms with Crippen LogP contribution < -0.4 is 10.6 Å². The van der Waals surface area contributed by atoms with Crippen LogP contribution >= 0.6 is 0 Å². The molecule has 0 atom stereocenters. The van der Waals surface area contributed by atoms with Gasteiger partial charge in [0.2, 0.25) is 10.0 Å². The molecule has 0 saturated carbocycles. The normalized spacial score (nSPS) is 19.8. The zero-order valence-electron chi connectivity index (χ0n) is 17.6. The molecule has 0 radical (unpaired) electrons. The Balaban J connectivity index is 1.51. The Morgan fingerprint density at radius 1 is 1.00 bits per heavy atom. The number of hydrogen-bond acceptors (Lipinski definition) is 4. The predicted octanol–water partition coefficient (Wildman–Crippen LogP) is 2.01. The molecule has 2 fully saturated rings. The molecular weight excluding hydrogens is 386 g/mol. The number of nitrogens with one attached hydrogen (secondary N) is 2. The van der Waals surface area contributed by atoms with E-state index in [-0.39, 0.29) is 0 Å². The van der Waals surface area contributed by atoms with Crippen molar-refractivity contribution in [1.29, 1.82) is 0 Å². The first-order valence-corrected chi connectivity index (χ1v) is 12.3. The van der Waals surface area contributed by atoms with Gasteiger partial charge >= 0.3 is 0 Å². The lowest BCUT2D eigenvalue weighted by Gasteiger charge is -2.26. The number of nitrogens with zero attached hydrogens (tertiary/aromatic N) is 3. The van der Waals surface area contributed by atoms with Crippen LogP contribution in [0.4, 0.5) is 0 Å². The highest BCUT2D eigenvalue weighted by atomic mass is 32.2. The summed E-state index contributed by atoms with van der Waals surface area (Å²) in [6.07, 6.45) is 6.94. The molecule has 2 aliphatic rings. The van der Waals surface area contributed by atoms with E-state index in [1.165, 1.54) is 32.4 Å². The van der Waals surface area contributed by atoms with E-state index in [0.717, 1.165) is 43.9 Å². The smallest absolute Gasteiger partial charge is 0.243 e. The lowest BCUT2D eigenvalue weighted by Crippen LogP contribution is -2.42. The maximum atomic E-state index is 12.9. The number of rotatable bonds is 7. The zero-order valence-corrected chi connectivity index (χ0v) is 18.4. The molecule has 0 bridgehead atoms. The van der Waals surface area contributed by atoms with Crippen molar-refractivity contribution in [1.82, 2.24) is 19.8 Å². The van der Waals surface area contributed by atoms with Crippen molar-refractivity contribution in [3.8, 4) is 0 Å². The maximum absolute atomic E-state index is 12.9. The van der Waals surface area contributed by atoms with Crippen molar-refractivity contribution in [2.45, 2.75) is 50.0 Å². The summed E-state index contributed by atoms with van der Waals surface area (Å²) in [4.78, 5) is 7.15. The van der Waals surface area contributed by atoms with Gasteiger partial charge in [0.05, 0.1) is 4.90 Å². The number of hydrogen-bond donors (Lipinski definition) is 2. The van der Waals surface area contributed by atoms with Gasteiger partial charge in [-0.05, 0) is 56.5 Å².